The molecule has 0 aliphatic rings. The van der Waals surface area contributed by atoms with E-state index in [0.29, 0.717) is 27.0 Å². The summed E-state index contributed by atoms with van der Waals surface area (Å²) in [5.74, 6) is 0.358. The van der Waals surface area contributed by atoms with E-state index >= 15 is 0 Å². The van der Waals surface area contributed by atoms with Crippen molar-refractivity contribution in [2.24, 2.45) is 0 Å². The van der Waals surface area contributed by atoms with E-state index in [9.17, 15) is 9.59 Å². The van der Waals surface area contributed by atoms with Crippen molar-refractivity contribution in [1.29, 1.82) is 0 Å². The molecule has 9 heteroatoms. The molecule has 0 atom stereocenters. The Morgan fingerprint density at radius 2 is 2.03 bits per heavy atom. The SMILES string of the molecule is Cc1ccnc(-n2c(SCC(=O)Nc3nc(C)cs3)nc3ccccc3c2=O)c1. The van der Waals surface area contributed by atoms with Crippen LogP contribution in [0.3, 0.4) is 0 Å². The van der Waals surface area contributed by atoms with Crippen LogP contribution in [0.2, 0.25) is 0 Å². The zero-order chi connectivity index (χ0) is 20.4. The lowest BCUT2D eigenvalue weighted by Gasteiger charge is -2.12. The highest BCUT2D eigenvalue weighted by molar-refractivity contribution is 7.99. The van der Waals surface area contributed by atoms with Crippen LogP contribution in [-0.2, 0) is 4.79 Å². The predicted molar refractivity (Wildman–Crippen MR) is 116 cm³/mol. The van der Waals surface area contributed by atoms with Crippen LogP contribution in [-0.4, -0.2) is 31.2 Å². The summed E-state index contributed by atoms with van der Waals surface area (Å²) in [6.45, 7) is 3.80. The van der Waals surface area contributed by atoms with Gasteiger partial charge in [-0.15, -0.1) is 11.3 Å². The number of thioether (sulfide) groups is 1. The van der Waals surface area contributed by atoms with Gasteiger partial charge in [-0.25, -0.2) is 19.5 Å². The Kier molecular flexibility index (Phi) is 5.41. The molecule has 0 saturated carbocycles. The van der Waals surface area contributed by atoms with Crippen LogP contribution in [0.25, 0.3) is 16.7 Å². The minimum Gasteiger partial charge on any atom is -0.301 e. The van der Waals surface area contributed by atoms with Crippen LogP contribution in [0.4, 0.5) is 5.13 Å². The van der Waals surface area contributed by atoms with Gasteiger partial charge in [-0.1, -0.05) is 23.9 Å². The minimum absolute atomic E-state index is 0.0925. The van der Waals surface area contributed by atoms with Crippen molar-refractivity contribution in [2.75, 3.05) is 11.1 Å². The number of rotatable bonds is 5. The van der Waals surface area contributed by atoms with Crippen molar-refractivity contribution in [2.45, 2.75) is 19.0 Å². The van der Waals surface area contributed by atoms with Gasteiger partial charge in [0, 0.05) is 11.6 Å². The number of carbonyl (C=O) groups is 1. The highest BCUT2D eigenvalue weighted by Crippen LogP contribution is 2.22. The standard InChI is InChI=1S/C20H17N5O2S2/c1-12-7-8-21-16(9-12)25-18(27)14-5-3-4-6-15(14)23-20(25)29-11-17(26)24-19-22-13(2)10-28-19/h3-10H,11H2,1-2H3,(H,22,24,26). The van der Waals surface area contributed by atoms with Gasteiger partial charge in [0.15, 0.2) is 10.3 Å². The summed E-state index contributed by atoms with van der Waals surface area (Å²) in [6, 6.07) is 10.8. The Hall–Kier alpha value is -3.04. The molecular weight excluding hydrogens is 406 g/mol. The number of nitrogens with one attached hydrogen (secondary N) is 1. The molecule has 7 nitrogen and oxygen atoms in total. The number of hydrogen-bond acceptors (Lipinski definition) is 7. The Morgan fingerprint density at radius 1 is 1.21 bits per heavy atom. The Morgan fingerprint density at radius 3 is 2.79 bits per heavy atom. The summed E-state index contributed by atoms with van der Waals surface area (Å²) in [5, 5.41) is 6.11. The summed E-state index contributed by atoms with van der Waals surface area (Å²) in [7, 11) is 0. The van der Waals surface area contributed by atoms with Crippen LogP contribution < -0.4 is 10.9 Å². The maximum absolute atomic E-state index is 13.2. The van der Waals surface area contributed by atoms with E-state index in [-0.39, 0.29) is 17.2 Å². The monoisotopic (exact) mass is 423 g/mol. The van der Waals surface area contributed by atoms with E-state index in [1.165, 1.54) is 27.7 Å². The van der Waals surface area contributed by atoms with Gasteiger partial charge in [-0.2, -0.15) is 0 Å². The summed E-state index contributed by atoms with van der Waals surface area (Å²) in [4.78, 5) is 38.7. The average molecular weight is 424 g/mol. The van der Waals surface area contributed by atoms with Crippen LogP contribution >= 0.6 is 23.1 Å². The number of benzene rings is 1. The number of anilines is 1. The molecule has 0 spiro atoms. The number of nitrogens with zero attached hydrogens (tertiary/aromatic N) is 4. The smallest absolute Gasteiger partial charge is 0.267 e. The number of pyridine rings is 1. The second-order valence-electron chi connectivity index (χ2n) is 6.37. The van der Waals surface area contributed by atoms with E-state index in [1.54, 1.807) is 24.4 Å². The van der Waals surface area contributed by atoms with Crippen molar-refractivity contribution in [3.05, 3.63) is 69.6 Å². The van der Waals surface area contributed by atoms with Crippen molar-refractivity contribution in [1.82, 2.24) is 19.5 Å². The second-order valence-corrected chi connectivity index (χ2v) is 8.17. The van der Waals surface area contributed by atoms with Gasteiger partial charge in [0.05, 0.1) is 22.3 Å². The van der Waals surface area contributed by atoms with E-state index in [0.717, 1.165) is 11.3 Å². The summed E-state index contributed by atoms with van der Waals surface area (Å²) < 4.78 is 1.46. The zero-order valence-corrected chi connectivity index (χ0v) is 17.4. The molecule has 4 aromatic rings. The molecule has 0 fully saturated rings. The van der Waals surface area contributed by atoms with Crippen molar-refractivity contribution in [3.8, 4) is 5.82 Å². The number of carbonyl (C=O) groups excluding carboxylic acids is 1. The highest BCUT2D eigenvalue weighted by atomic mass is 32.2. The topological polar surface area (TPSA) is 89.8 Å². The fourth-order valence-corrected chi connectivity index (χ4v) is 4.26. The normalized spacial score (nSPS) is 11.0. The lowest BCUT2D eigenvalue weighted by atomic mass is 10.2. The first-order chi connectivity index (χ1) is 14.0. The third kappa shape index (κ3) is 4.20. The maximum Gasteiger partial charge on any atom is 0.267 e. The van der Waals surface area contributed by atoms with Crippen LogP contribution in [0.1, 0.15) is 11.3 Å². The molecule has 1 aromatic carbocycles. The number of aryl methyl sites for hydroxylation is 2. The Balaban J connectivity index is 1.69. The molecule has 0 radical (unpaired) electrons. The van der Waals surface area contributed by atoms with E-state index in [4.69, 9.17) is 0 Å². The molecule has 1 N–H and O–H groups in total. The number of amides is 1. The van der Waals surface area contributed by atoms with Gasteiger partial charge in [0.1, 0.15) is 5.82 Å². The number of hydrogen-bond donors (Lipinski definition) is 1. The molecule has 3 aromatic heterocycles. The first-order valence-electron chi connectivity index (χ1n) is 8.81. The van der Waals surface area contributed by atoms with Crippen molar-refractivity contribution >= 4 is 45.0 Å². The molecule has 3 heterocycles. The molecule has 146 valence electrons. The number of para-hydroxylation sites is 1. The molecule has 0 unspecified atom stereocenters. The number of fused-ring (bicyclic) bond motifs is 1. The van der Waals surface area contributed by atoms with Gasteiger partial charge in [-0.05, 0) is 43.7 Å². The third-order valence-corrected chi connectivity index (χ3v) is 5.89. The molecular formula is C20H17N5O2S2. The molecule has 29 heavy (non-hydrogen) atoms. The van der Waals surface area contributed by atoms with E-state index in [1.807, 2.05) is 37.4 Å². The quantitative estimate of drug-likeness (QED) is 0.390. The lowest BCUT2D eigenvalue weighted by molar-refractivity contribution is -0.113. The molecule has 0 saturated heterocycles. The first kappa shape index (κ1) is 19.3. The maximum atomic E-state index is 13.2. The van der Waals surface area contributed by atoms with E-state index < -0.39 is 0 Å². The molecule has 0 aliphatic carbocycles. The van der Waals surface area contributed by atoms with Gasteiger partial charge in [-0.3, -0.25) is 9.59 Å². The van der Waals surface area contributed by atoms with Gasteiger partial charge in [0.25, 0.3) is 5.56 Å². The van der Waals surface area contributed by atoms with Crippen LogP contribution in [0.5, 0.6) is 0 Å². The molecule has 0 bridgehead atoms. The number of aromatic nitrogens is 4. The van der Waals surface area contributed by atoms with Gasteiger partial charge < -0.3 is 5.32 Å². The van der Waals surface area contributed by atoms with E-state index in [2.05, 4.69) is 20.3 Å². The summed E-state index contributed by atoms with van der Waals surface area (Å²) >= 11 is 2.56. The Bertz CT molecular complexity index is 1270. The van der Waals surface area contributed by atoms with Crippen molar-refractivity contribution < 1.29 is 4.79 Å². The zero-order valence-electron chi connectivity index (χ0n) is 15.7. The predicted octanol–water partition coefficient (Wildman–Crippen LogP) is 3.58. The fraction of sp³-hybridized carbons (Fsp3) is 0.150. The van der Waals surface area contributed by atoms with Crippen LogP contribution in [0.15, 0.2) is 57.9 Å². The molecule has 4 rings (SSSR count). The summed E-state index contributed by atoms with van der Waals surface area (Å²) in [5.41, 5.74) is 2.20. The van der Waals surface area contributed by atoms with Crippen molar-refractivity contribution in [3.63, 3.8) is 0 Å². The minimum atomic E-state index is -0.216. The average Bonchev–Trinajstić information content (AvgIpc) is 3.11. The largest absolute Gasteiger partial charge is 0.301 e. The number of thiazole rings is 1. The molecule has 1 amide bonds. The van der Waals surface area contributed by atoms with Crippen LogP contribution in [0, 0.1) is 13.8 Å². The highest BCUT2D eigenvalue weighted by Gasteiger charge is 2.16. The summed E-state index contributed by atoms with van der Waals surface area (Å²) in [6.07, 6.45) is 1.65. The first-order valence-corrected chi connectivity index (χ1v) is 10.7. The van der Waals surface area contributed by atoms with Gasteiger partial charge in [0.2, 0.25) is 5.91 Å². The second kappa shape index (κ2) is 8.14. The molecule has 0 aliphatic heterocycles. The Labute approximate surface area is 174 Å². The third-order valence-electron chi connectivity index (χ3n) is 4.07. The lowest BCUT2D eigenvalue weighted by Crippen LogP contribution is -2.23. The van der Waals surface area contributed by atoms with Gasteiger partial charge >= 0.3 is 0 Å². The fourth-order valence-electron chi connectivity index (χ4n) is 2.75.